The Hall–Kier alpha value is -1.19. The molecule has 3 heterocycles. The Morgan fingerprint density at radius 1 is 1.36 bits per heavy atom. The van der Waals surface area contributed by atoms with Crippen LogP contribution in [0.2, 0.25) is 0 Å². The van der Waals surface area contributed by atoms with Crippen LogP contribution in [0.25, 0.3) is 0 Å². The highest BCUT2D eigenvalue weighted by Crippen LogP contribution is 2.42. The molecular weight excluding hydrogens is 316 g/mol. The molecule has 0 aromatic carbocycles. The molecule has 9 heteroatoms. The van der Waals surface area contributed by atoms with Crippen LogP contribution in [0.15, 0.2) is 15.8 Å². The lowest BCUT2D eigenvalue weighted by Crippen LogP contribution is -2.38. The van der Waals surface area contributed by atoms with Crippen molar-refractivity contribution < 1.29 is 19.3 Å². The van der Waals surface area contributed by atoms with Gasteiger partial charge in [0.2, 0.25) is 0 Å². The first-order valence-corrected chi connectivity index (χ1v) is 7.42. The van der Waals surface area contributed by atoms with Crippen molar-refractivity contribution in [3.63, 3.8) is 0 Å². The Balaban J connectivity index is 2.02. The van der Waals surface area contributed by atoms with E-state index in [9.17, 15) is 14.7 Å². The smallest absolute Gasteiger partial charge is 0.330 e. The van der Waals surface area contributed by atoms with Gasteiger partial charge < -0.3 is 19.3 Å². The average molecular weight is 333 g/mol. The maximum absolute atomic E-state index is 12.1. The second kappa shape index (κ2) is 5.47. The Labute approximate surface area is 130 Å². The van der Waals surface area contributed by atoms with Crippen LogP contribution in [0.3, 0.4) is 0 Å². The molecule has 0 bridgehead atoms. The summed E-state index contributed by atoms with van der Waals surface area (Å²) in [7, 11) is 0. The third-order valence-corrected chi connectivity index (χ3v) is 4.05. The highest BCUT2D eigenvalue weighted by atomic mass is 35.5. The summed E-state index contributed by atoms with van der Waals surface area (Å²) < 4.78 is 18.4. The van der Waals surface area contributed by atoms with E-state index >= 15 is 0 Å². The first kappa shape index (κ1) is 15.7. The quantitative estimate of drug-likeness (QED) is 0.736. The van der Waals surface area contributed by atoms with Crippen LogP contribution < -0.4 is 11.2 Å². The van der Waals surface area contributed by atoms with Crippen molar-refractivity contribution in [1.82, 2.24) is 9.55 Å². The summed E-state index contributed by atoms with van der Waals surface area (Å²) in [5.41, 5.74) is -0.921. The number of nitrogens with one attached hydrogen (secondary N) is 1. The summed E-state index contributed by atoms with van der Waals surface area (Å²) in [4.78, 5) is 25.9. The van der Waals surface area contributed by atoms with Crippen LogP contribution in [0.5, 0.6) is 0 Å². The van der Waals surface area contributed by atoms with Crippen molar-refractivity contribution in [1.29, 1.82) is 0 Å². The fourth-order valence-corrected chi connectivity index (χ4v) is 3.03. The van der Waals surface area contributed by atoms with Crippen molar-refractivity contribution in [3.05, 3.63) is 32.6 Å². The minimum Gasteiger partial charge on any atom is -0.394 e. The maximum atomic E-state index is 12.1. The SMILES string of the molecule is CC1(C)O[C@@H]2[C@H](O1)[C@@H](CO)O[C@H]2n1cc(CCl)c(=O)[nH]c1=O. The number of halogens is 1. The number of aliphatic hydroxyl groups is 1. The average Bonchev–Trinajstić information content (AvgIpc) is 2.92. The predicted molar refractivity (Wildman–Crippen MR) is 75.7 cm³/mol. The summed E-state index contributed by atoms with van der Waals surface area (Å²) in [5.74, 6) is -0.880. The normalized spacial score (nSPS) is 33.1. The summed E-state index contributed by atoms with van der Waals surface area (Å²) in [6.45, 7) is 3.23. The van der Waals surface area contributed by atoms with Crippen molar-refractivity contribution in [2.45, 2.75) is 50.1 Å². The van der Waals surface area contributed by atoms with Gasteiger partial charge in [-0.25, -0.2) is 4.79 Å². The molecule has 0 aliphatic carbocycles. The van der Waals surface area contributed by atoms with E-state index in [0.29, 0.717) is 0 Å². The minimum absolute atomic E-state index is 0.0390. The van der Waals surface area contributed by atoms with E-state index in [2.05, 4.69) is 4.98 Å². The van der Waals surface area contributed by atoms with Gasteiger partial charge in [-0.2, -0.15) is 0 Å². The molecular formula is C13H17ClN2O6. The zero-order valence-electron chi connectivity index (χ0n) is 12.1. The lowest BCUT2D eigenvalue weighted by molar-refractivity contribution is -0.200. The molecule has 22 heavy (non-hydrogen) atoms. The van der Waals surface area contributed by atoms with Gasteiger partial charge in [-0.1, -0.05) is 0 Å². The van der Waals surface area contributed by atoms with Gasteiger partial charge in [0, 0.05) is 11.8 Å². The monoisotopic (exact) mass is 332 g/mol. The molecule has 0 saturated carbocycles. The molecule has 3 rings (SSSR count). The first-order chi connectivity index (χ1) is 10.4. The summed E-state index contributed by atoms with van der Waals surface area (Å²) in [6.07, 6.45) is -1.14. The molecule has 8 nitrogen and oxygen atoms in total. The van der Waals surface area contributed by atoms with E-state index in [1.807, 2.05) is 0 Å². The van der Waals surface area contributed by atoms with Crippen molar-refractivity contribution in [2.75, 3.05) is 6.61 Å². The molecule has 122 valence electrons. The Morgan fingerprint density at radius 3 is 2.68 bits per heavy atom. The molecule has 2 fully saturated rings. The molecule has 2 aliphatic rings. The van der Waals surface area contributed by atoms with Crippen LogP contribution in [0.4, 0.5) is 0 Å². The van der Waals surface area contributed by atoms with Gasteiger partial charge in [0.05, 0.1) is 12.5 Å². The minimum atomic E-state index is -0.841. The number of aromatic amines is 1. The first-order valence-electron chi connectivity index (χ1n) is 6.88. The Bertz CT molecular complexity index is 684. The molecule has 4 atom stereocenters. The number of alkyl halides is 1. The number of aliphatic hydroxyl groups excluding tert-OH is 1. The second-order valence-electron chi connectivity index (χ2n) is 5.77. The van der Waals surface area contributed by atoms with Gasteiger partial charge in [0.25, 0.3) is 5.56 Å². The van der Waals surface area contributed by atoms with Gasteiger partial charge in [0.15, 0.2) is 12.0 Å². The van der Waals surface area contributed by atoms with E-state index in [1.54, 1.807) is 13.8 Å². The standard InChI is InChI=1S/C13H17ClN2O6/c1-13(2)21-8-7(5-17)20-11(9(8)22-13)16-4-6(3-14)10(18)15-12(16)19/h4,7-9,11,17H,3,5H2,1-2H3,(H,15,18,19)/t7-,8-,9-,11-/m1/s1. The van der Waals surface area contributed by atoms with Crippen LogP contribution in [-0.2, 0) is 20.1 Å². The summed E-state index contributed by atoms with van der Waals surface area (Å²) in [6, 6.07) is 0. The molecule has 0 unspecified atom stereocenters. The molecule has 1 aromatic rings. The number of ether oxygens (including phenoxy) is 3. The lowest BCUT2D eigenvalue weighted by Gasteiger charge is -2.24. The summed E-state index contributed by atoms with van der Waals surface area (Å²) >= 11 is 5.70. The lowest BCUT2D eigenvalue weighted by atomic mass is 10.1. The molecule has 2 aliphatic heterocycles. The highest BCUT2D eigenvalue weighted by Gasteiger charge is 2.55. The zero-order valence-corrected chi connectivity index (χ0v) is 12.9. The number of rotatable bonds is 3. The van der Waals surface area contributed by atoms with Crippen LogP contribution >= 0.6 is 11.6 Å². The van der Waals surface area contributed by atoms with Crippen molar-refractivity contribution in [2.24, 2.45) is 0 Å². The largest absolute Gasteiger partial charge is 0.394 e. The van der Waals surface area contributed by atoms with E-state index in [4.69, 9.17) is 25.8 Å². The zero-order chi connectivity index (χ0) is 16.1. The summed E-state index contributed by atoms with van der Waals surface area (Å²) in [5, 5.41) is 9.44. The second-order valence-corrected chi connectivity index (χ2v) is 6.03. The molecule has 0 radical (unpaired) electrons. The van der Waals surface area contributed by atoms with Gasteiger partial charge in [-0.3, -0.25) is 14.3 Å². The Morgan fingerprint density at radius 2 is 2.05 bits per heavy atom. The third kappa shape index (κ3) is 2.50. The highest BCUT2D eigenvalue weighted by molar-refractivity contribution is 6.17. The van der Waals surface area contributed by atoms with E-state index in [-0.39, 0.29) is 18.1 Å². The molecule has 2 N–H and O–H groups in total. The number of hydrogen-bond donors (Lipinski definition) is 2. The number of H-pyrrole nitrogens is 1. The number of fused-ring (bicyclic) bond motifs is 1. The fourth-order valence-electron chi connectivity index (χ4n) is 2.84. The number of aromatic nitrogens is 2. The van der Waals surface area contributed by atoms with E-state index < -0.39 is 41.6 Å². The van der Waals surface area contributed by atoms with Gasteiger partial charge in [-0.15, -0.1) is 11.6 Å². The molecule has 1 aromatic heterocycles. The number of hydrogen-bond acceptors (Lipinski definition) is 6. The van der Waals surface area contributed by atoms with Gasteiger partial charge in [0.1, 0.15) is 18.3 Å². The van der Waals surface area contributed by atoms with Gasteiger partial charge in [-0.05, 0) is 13.8 Å². The molecule has 0 spiro atoms. The van der Waals surface area contributed by atoms with Crippen LogP contribution in [0.1, 0.15) is 25.6 Å². The van der Waals surface area contributed by atoms with Gasteiger partial charge >= 0.3 is 5.69 Å². The maximum Gasteiger partial charge on any atom is 0.330 e. The predicted octanol–water partition coefficient (Wildman–Crippen LogP) is -0.315. The molecule has 2 saturated heterocycles. The van der Waals surface area contributed by atoms with Crippen molar-refractivity contribution >= 4 is 11.6 Å². The van der Waals surface area contributed by atoms with Crippen LogP contribution in [0, 0.1) is 0 Å². The van der Waals surface area contributed by atoms with Crippen LogP contribution in [-0.4, -0.2) is 45.4 Å². The third-order valence-electron chi connectivity index (χ3n) is 3.76. The van der Waals surface area contributed by atoms with Crippen molar-refractivity contribution in [3.8, 4) is 0 Å². The van der Waals surface area contributed by atoms with E-state index in [0.717, 1.165) is 0 Å². The number of nitrogens with zero attached hydrogens (tertiary/aromatic N) is 1. The molecule has 0 amide bonds. The van der Waals surface area contributed by atoms with E-state index in [1.165, 1.54) is 10.8 Å². The topological polar surface area (TPSA) is 103 Å². The fraction of sp³-hybridized carbons (Fsp3) is 0.692. The Kier molecular flexibility index (Phi) is 3.90.